The van der Waals surface area contributed by atoms with E-state index in [2.05, 4.69) is 12.2 Å². The Morgan fingerprint density at radius 1 is 1.27 bits per heavy atom. The number of allylic oxidation sites excluding steroid dienone is 4. The van der Waals surface area contributed by atoms with E-state index >= 15 is 0 Å². The molecule has 5 aliphatic carbocycles. The van der Waals surface area contributed by atoms with Gasteiger partial charge in [0.25, 0.3) is 0 Å². The first kappa shape index (κ1) is 4.91. The maximum Gasteiger partial charge on any atom is 0.163 e. The minimum absolute atomic E-state index is 0.488. The lowest BCUT2D eigenvalue weighted by Gasteiger charge is -2.20. The van der Waals surface area contributed by atoms with E-state index in [4.69, 9.17) is 0 Å². The molecule has 0 saturated heterocycles. The number of Topliss-reactive ketones (excluding diaryl/α,β-unsaturated/α-hetero) is 1. The Labute approximate surface area is 64.8 Å². The molecule has 0 radical (unpaired) electrons. The smallest absolute Gasteiger partial charge is 0.163 e. The third kappa shape index (κ3) is 0.339. The highest BCUT2D eigenvalue weighted by Crippen LogP contribution is 2.79. The second-order valence-corrected chi connectivity index (χ2v) is 4.11. The number of ketones is 1. The van der Waals surface area contributed by atoms with Crippen LogP contribution in [0.1, 0.15) is 6.42 Å². The van der Waals surface area contributed by atoms with Gasteiger partial charge in [-0.25, -0.2) is 0 Å². The molecule has 2 fully saturated rings. The van der Waals surface area contributed by atoms with E-state index < -0.39 is 0 Å². The van der Waals surface area contributed by atoms with Crippen LogP contribution in [0.2, 0.25) is 0 Å². The van der Waals surface area contributed by atoms with E-state index in [1.165, 1.54) is 5.57 Å². The lowest BCUT2D eigenvalue weighted by Crippen LogP contribution is -2.22. The zero-order valence-corrected chi connectivity index (χ0v) is 6.08. The lowest BCUT2D eigenvalue weighted by atomic mass is 9.82. The Morgan fingerprint density at radius 3 is 2.91 bits per heavy atom. The maximum atomic E-state index is 11.6. The summed E-state index contributed by atoms with van der Waals surface area (Å²) >= 11 is 0. The third-order valence-electron chi connectivity index (χ3n) is 3.75. The molecule has 0 N–H and O–H groups in total. The number of hydrogen-bond acceptors (Lipinski definition) is 1. The average molecular weight is 144 g/mol. The molecular formula is C10H8O. The van der Waals surface area contributed by atoms with Gasteiger partial charge in [-0.05, 0) is 29.7 Å². The van der Waals surface area contributed by atoms with Crippen molar-refractivity contribution in [1.29, 1.82) is 0 Å². The molecule has 2 unspecified atom stereocenters. The van der Waals surface area contributed by atoms with Crippen molar-refractivity contribution < 1.29 is 4.79 Å². The van der Waals surface area contributed by atoms with Crippen LogP contribution in [0.5, 0.6) is 0 Å². The van der Waals surface area contributed by atoms with Crippen molar-refractivity contribution in [2.24, 2.45) is 23.7 Å². The van der Waals surface area contributed by atoms with Crippen molar-refractivity contribution in [2.75, 3.05) is 0 Å². The Bertz CT molecular complexity index is 338. The monoisotopic (exact) mass is 144 g/mol. The summed E-state index contributed by atoms with van der Waals surface area (Å²) in [4.78, 5) is 11.6. The Hall–Kier alpha value is -0.850. The van der Waals surface area contributed by atoms with Crippen LogP contribution in [0.25, 0.3) is 0 Å². The topological polar surface area (TPSA) is 17.1 Å². The van der Waals surface area contributed by atoms with E-state index in [1.54, 1.807) is 0 Å². The molecule has 0 aliphatic heterocycles. The van der Waals surface area contributed by atoms with Gasteiger partial charge in [0.2, 0.25) is 0 Å². The fourth-order valence-electron chi connectivity index (χ4n) is 3.06. The standard InChI is InChI=1S/C10H8O/c11-10-5-3-1-2-4(5)6-7-8(6)9(7)10/h1-2,6-9H,3H2. The minimum Gasteiger partial charge on any atom is -0.294 e. The summed E-state index contributed by atoms with van der Waals surface area (Å²) < 4.78 is 0. The molecule has 5 aliphatic rings. The van der Waals surface area contributed by atoms with Crippen LogP contribution in [0, 0.1) is 23.7 Å². The normalized spacial score (nSPS) is 54.4. The summed E-state index contributed by atoms with van der Waals surface area (Å²) in [5, 5.41) is 0. The molecule has 2 atom stereocenters. The highest BCUT2D eigenvalue weighted by Gasteiger charge is 2.79. The minimum atomic E-state index is 0.488. The first-order valence-corrected chi connectivity index (χ1v) is 4.33. The van der Waals surface area contributed by atoms with Crippen molar-refractivity contribution in [3.8, 4) is 0 Å². The van der Waals surface area contributed by atoms with Gasteiger partial charge in [0.05, 0.1) is 0 Å². The molecule has 0 amide bonds. The summed E-state index contributed by atoms with van der Waals surface area (Å²) in [6.45, 7) is 0. The Kier molecular flexibility index (Phi) is 0.507. The Balaban J connectivity index is 1.99. The first-order valence-electron chi connectivity index (χ1n) is 4.33. The van der Waals surface area contributed by atoms with Gasteiger partial charge in [0.15, 0.2) is 5.78 Å². The number of rotatable bonds is 0. The van der Waals surface area contributed by atoms with Gasteiger partial charge in [-0.3, -0.25) is 4.79 Å². The molecule has 11 heavy (non-hydrogen) atoms. The number of carbonyl (C=O) groups is 1. The fourth-order valence-corrected chi connectivity index (χ4v) is 3.06. The molecular weight excluding hydrogens is 136 g/mol. The Morgan fingerprint density at radius 2 is 2.09 bits per heavy atom. The van der Waals surface area contributed by atoms with E-state index in [9.17, 15) is 4.79 Å². The molecule has 5 rings (SSSR count). The molecule has 54 valence electrons. The largest absolute Gasteiger partial charge is 0.294 e. The predicted octanol–water partition coefficient (Wildman–Crippen LogP) is 1.32. The van der Waals surface area contributed by atoms with Crippen LogP contribution in [0.4, 0.5) is 0 Å². The van der Waals surface area contributed by atoms with E-state index in [0.29, 0.717) is 11.7 Å². The predicted molar refractivity (Wildman–Crippen MR) is 39.8 cm³/mol. The summed E-state index contributed by atoms with van der Waals surface area (Å²) in [6, 6.07) is 0. The highest BCUT2D eigenvalue weighted by molar-refractivity contribution is 6.05. The van der Waals surface area contributed by atoms with Crippen LogP contribution in [0.3, 0.4) is 0 Å². The summed E-state index contributed by atoms with van der Waals surface area (Å²) in [5.41, 5.74) is 2.57. The molecule has 2 bridgehead atoms. The van der Waals surface area contributed by atoms with Crippen LogP contribution in [0.15, 0.2) is 23.3 Å². The van der Waals surface area contributed by atoms with E-state index in [-0.39, 0.29) is 0 Å². The number of carbonyl (C=O) groups excluding carboxylic acids is 1. The van der Waals surface area contributed by atoms with Crippen molar-refractivity contribution in [2.45, 2.75) is 6.42 Å². The van der Waals surface area contributed by atoms with Gasteiger partial charge in [-0.15, -0.1) is 0 Å². The van der Waals surface area contributed by atoms with Crippen LogP contribution in [-0.2, 0) is 4.79 Å². The average Bonchev–Trinajstić information content (AvgIpc) is 2.81. The SMILES string of the molecule is O=C1C2=C(C=CC2)C2C3C1C23. The number of hydrogen-bond donors (Lipinski definition) is 0. The van der Waals surface area contributed by atoms with Crippen LogP contribution >= 0.6 is 0 Å². The zero-order chi connectivity index (χ0) is 7.16. The molecule has 0 spiro atoms. The van der Waals surface area contributed by atoms with Gasteiger partial charge < -0.3 is 0 Å². The highest BCUT2D eigenvalue weighted by atomic mass is 16.1. The van der Waals surface area contributed by atoms with Gasteiger partial charge in [0, 0.05) is 11.5 Å². The zero-order valence-electron chi connectivity index (χ0n) is 6.08. The van der Waals surface area contributed by atoms with Crippen molar-refractivity contribution in [1.82, 2.24) is 0 Å². The second kappa shape index (κ2) is 1.13. The van der Waals surface area contributed by atoms with E-state index in [0.717, 1.165) is 29.7 Å². The third-order valence-corrected chi connectivity index (χ3v) is 3.75. The van der Waals surface area contributed by atoms with E-state index in [1.807, 2.05) is 0 Å². The van der Waals surface area contributed by atoms with Crippen LogP contribution in [-0.4, -0.2) is 5.78 Å². The quantitative estimate of drug-likeness (QED) is 0.501. The molecule has 1 heteroatoms. The molecule has 0 aromatic carbocycles. The molecule has 0 aromatic heterocycles. The summed E-state index contributed by atoms with van der Waals surface area (Å²) in [6.07, 6.45) is 5.25. The first-order chi connectivity index (χ1) is 5.39. The van der Waals surface area contributed by atoms with Crippen molar-refractivity contribution >= 4 is 5.78 Å². The van der Waals surface area contributed by atoms with Crippen LogP contribution < -0.4 is 0 Å². The molecule has 2 saturated carbocycles. The molecule has 0 heterocycles. The van der Waals surface area contributed by atoms with Gasteiger partial charge in [-0.1, -0.05) is 12.2 Å². The molecule has 1 nitrogen and oxygen atoms in total. The van der Waals surface area contributed by atoms with Gasteiger partial charge in [-0.2, -0.15) is 0 Å². The van der Waals surface area contributed by atoms with Crippen molar-refractivity contribution in [3.05, 3.63) is 23.3 Å². The lowest BCUT2D eigenvalue weighted by molar-refractivity contribution is -0.118. The fraction of sp³-hybridized carbons (Fsp3) is 0.500. The maximum absolute atomic E-state index is 11.6. The van der Waals surface area contributed by atoms with Gasteiger partial charge in [0.1, 0.15) is 0 Å². The summed E-state index contributed by atoms with van der Waals surface area (Å²) in [5.74, 6) is 3.44. The second-order valence-electron chi connectivity index (χ2n) is 4.11. The van der Waals surface area contributed by atoms with Gasteiger partial charge >= 0.3 is 0 Å². The summed E-state index contributed by atoms with van der Waals surface area (Å²) in [7, 11) is 0. The molecule has 0 aromatic rings. The van der Waals surface area contributed by atoms with Crippen molar-refractivity contribution in [3.63, 3.8) is 0 Å².